The van der Waals surface area contributed by atoms with Crippen LogP contribution in [0.3, 0.4) is 0 Å². The van der Waals surface area contributed by atoms with Crippen LogP contribution < -0.4 is 10.6 Å². The van der Waals surface area contributed by atoms with Crippen molar-refractivity contribution >= 4 is 22.9 Å². The van der Waals surface area contributed by atoms with E-state index in [1.807, 2.05) is 28.8 Å². The number of rotatable bonds is 6. The molecule has 0 aliphatic rings. The van der Waals surface area contributed by atoms with E-state index in [0.29, 0.717) is 0 Å². The van der Waals surface area contributed by atoms with Crippen LogP contribution in [-0.2, 0) is 12.8 Å². The third kappa shape index (κ3) is 4.32. The molecule has 0 aromatic carbocycles. The van der Waals surface area contributed by atoms with Crippen LogP contribution in [0.4, 0.5) is 0 Å². The molecule has 0 aliphatic heterocycles. The molecule has 0 atom stereocenters. The molecule has 3 aromatic rings. The number of nitrogens with zero attached hydrogens (tertiary/aromatic N) is 3. The van der Waals surface area contributed by atoms with E-state index < -0.39 is 0 Å². The topological polar surface area (TPSA) is 53.7 Å². The van der Waals surface area contributed by atoms with Gasteiger partial charge in [0, 0.05) is 43.8 Å². The number of hydrogen-bond donors (Lipinski definition) is 2. The monoisotopic (exact) mass is 327 g/mol. The molecule has 0 fully saturated rings. The van der Waals surface area contributed by atoms with Crippen molar-refractivity contribution in [3.63, 3.8) is 0 Å². The van der Waals surface area contributed by atoms with Gasteiger partial charge in [0.1, 0.15) is 5.65 Å². The van der Waals surface area contributed by atoms with Gasteiger partial charge in [-0.05, 0) is 30.0 Å². The second-order valence-electron chi connectivity index (χ2n) is 5.20. The number of guanidine groups is 1. The van der Waals surface area contributed by atoms with E-state index in [9.17, 15) is 0 Å². The van der Waals surface area contributed by atoms with E-state index in [2.05, 4.69) is 44.3 Å². The van der Waals surface area contributed by atoms with Crippen LogP contribution in [0.15, 0.2) is 53.1 Å². The van der Waals surface area contributed by atoms with Gasteiger partial charge in [-0.2, -0.15) is 0 Å². The summed E-state index contributed by atoms with van der Waals surface area (Å²) < 4.78 is 2.05. The number of imidazole rings is 1. The lowest BCUT2D eigenvalue weighted by molar-refractivity contribution is 0.781. The molecule has 5 nitrogen and oxygen atoms in total. The summed E-state index contributed by atoms with van der Waals surface area (Å²) in [6.07, 6.45) is 5.98. The number of aromatic nitrogens is 2. The molecule has 0 bridgehead atoms. The minimum absolute atomic E-state index is 0.808. The predicted molar refractivity (Wildman–Crippen MR) is 96.3 cm³/mol. The van der Waals surface area contributed by atoms with Crippen molar-refractivity contribution in [3.05, 3.63) is 58.7 Å². The molecule has 2 N–H and O–H groups in total. The molecule has 6 heteroatoms. The van der Waals surface area contributed by atoms with E-state index in [1.54, 1.807) is 18.4 Å². The first kappa shape index (κ1) is 15.6. The highest BCUT2D eigenvalue weighted by atomic mass is 32.1. The summed E-state index contributed by atoms with van der Waals surface area (Å²) in [5.41, 5.74) is 2.07. The van der Waals surface area contributed by atoms with Crippen LogP contribution in [0.2, 0.25) is 0 Å². The van der Waals surface area contributed by atoms with Gasteiger partial charge >= 0.3 is 0 Å². The normalized spacial score (nSPS) is 11.8. The average molecular weight is 327 g/mol. The van der Waals surface area contributed by atoms with Gasteiger partial charge in [-0.25, -0.2) is 4.98 Å². The van der Waals surface area contributed by atoms with E-state index in [4.69, 9.17) is 0 Å². The Bertz CT molecular complexity index is 727. The second-order valence-corrected chi connectivity index (χ2v) is 6.24. The fraction of sp³-hybridized carbons (Fsp3) is 0.294. The van der Waals surface area contributed by atoms with Crippen molar-refractivity contribution in [1.82, 2.24) is 20.0 Å². The van der Waals surface area contributed by atoms with Crippen molar-refractivity contribution in [2.45, 2.75) is 12.8 Å². The van der Waals surface area contributed by atoms with Crippen molar-refractivity contribution in [1.29, 1.82) is 0 Å². The number of pyridine rings is 1. The van der Waals surface area contributed by atoms with Gasteiger partial charge in [-0.3, -0.25) is 4.99 Å². The largest absolute Gasteiger partial charge is 0.356 e. The minimum atomic E-state index is 0.808. The lowest BCUT2D eigenvalue weighted by Crippen LogP contribution is -2.39. The molecule has 0 spiro atoms. The molecular weight excluding hydrogens is 306 g/mol. The summed E-state index contributed by atoms with van der Waals surface area (Å²) in [5.74, 6) is 0.838. The smallest absolute Gasteiger partial charge is 0.191 e. The highest BCUT2D eigenvalue weighted by molar-refractivity contribution is 7.09. The number of nitrogens with one attached hydrogen (secondary N) is 2. The number of hydrogen-bond acceptors (Lipinski definition) is 3. The Morgan fingerprint density at radius 3 is 2.78 bits per heavy atom. The highest BCUT2D eigenvalue weighted by Gasteiger charge is 2.02. The van der Waals surface area contributed by atoms with E-state index in [1.165, 1.54) is 4.88 Å². The van der Waals surface area contributed by atoms with Gasteiger partial charge in [-0.1, -0.05) is 12.1 Å². The molecule has 0 saturated heterocycles. The first-order chi connectivity index (χ1) is 11.3. The summed E-state index contributed by atoms with van der Waals surface area (Å²) in [4.78, 5) is 10.2. The van der Waals surface area contributed by atoms with Crippen molar-refractivity contribution in [2.24, 2.45) is 4.99 Å². The maximum absolute atomic E-state index is 4.60. The predicted octanol–water partition coefficient (Wildman–Crippen LogP) is 2.35. The van der Waals surface area contributed by atoms with Crippen LogP contribution in [0.1, 0.15) is 10.6 Å². The standard InChI is InChI=1S/C17H21N5S/c1-18-17(20-10-8-15-5-4-12-23-15)19-9-7-14-13-22-11-3-2-6-16(22)21-14/h2-6,11-13H,7-10H2,1H3,(H2,18,19,20). The van der Waals surface area contributed by atoms with Crippen molar-refractivity contribution < 1.29 is 0 Å². The van der Waals surface area contributed by atoms with E-state index in [0.717, 1.165) is 43.2 Å². The van der Waals surface area contributed by atoms with Crippen LogP contribution in [0, 0.1) is 0 Å². The van der Waals surface area contributed by atoms with Gasteiger partial charge in [0.15, 0.2) is 5.96 Å². The first-order valence-corrected chi connectivity index (χ1v) is 8.62. The van der Waals surface area contributed by atoms with Gasteiger partial charge < -0.3 is 15.0 Å². The molecule has 0 saturated carbocycles. The second kappa shape index (κ2) is 7.78. The van der Waals surface area contributed by atoms with E-state index in [-0.39, 0.29) is 0 Å². The van der Waals surface area contributed by atoms with Gasteiger partial charge in [0.05, 0.1) is 5.69 Å². The average Bonchev–Trinajstić information content (AvgIpc) is 3.22. The summed E-state index contributed by atoms with van der Waals surface area (Å²) in [6, 6.07) is 10.3. The van der Waals surface area contributed by atoms with Crippen LogP contribution in [0.5, 0.6) is 0 Å². The zero-order valence-electron chi connectivity index (χ0n) is 13.2. The number of fused-ring (bicyclic) bond motifs is 1. The molecule has 3 heterocycles. The lowest BCUT2D eigenvalue weighted by Gasteiger charge is -2.10. The minimum Gasteiger partial charge on any atom is -0.356 e. The SMILES string of the molecule is CN=C(NCCc1cn2ccccc2n1)NCCc1cccs1. The number of thiophene rings is 1. The van der Waals surface area contributed by atoms with Crippen molar-refractivity contribution in [3.8, 4) is 0 Å². The maximum atomic E-state index is 4.60. The molecule has 23 heavy (non-hydrogen) atoms. The lowest BCUT2D eigenvalue weighted by atomic mass is 10.3. The summed E-state index contributed by atoms with van der Waals surface area (Å²) in [5, 5.41) is 8.78. The summed E-state index contributed by atoms with van der Waals surface area (Å²) >= 11 is 1.79. The summed E-state index contributed by atoms with van der Waals surface area (Å²) in [7, 11) is 1.80. The Labute approximate surface area is 140 Å². The Kier molecular flexibility index (Phi) is 5.26. The Balaban J connectivity index is 1.42. The zero-order chi connectivity index (χ0) is 15.9. The highest BCUT2D eigenvalue weighted by Crippen LogP contribution is 2.08. The molecule has 0 unspecified atom stereocenters. The van der Waals surface area contributed by atoms with Gasteiger partial charge in [-0.15, -0.1) is 11.3 Å². The quantitative estimate of drug-likeness (QED) is 0.540. The Morgan fingerprint density at radius 2 is 2.04 bits per heavy atom. The molecule has 120 valence electrons. The summed E-state index contributed by atoms with van der Waals surface area (Å²) in [6.45, 7) is 1.69. The van der Waals surface area contributed by atoms with Gasteiger partial charge in [0.2, 0.25) is 0 Å². The first-order valence-electron chi connectivity index (χ1n) is 7.74. The molecule has 0 radical (unpaired) electrons. The maximum Gasteiger partial charge on any atom is 0.191 e. The molecular formula is C17H21N5S. The van der Waals surface area contributed by atoms with E-state index >= 15 is 0 Å². The van der Waals surface area contributed by atoms with Gasteiger partial charge in [0.25, 0.3) is 0 Å². The fourth-order valence-electron chi connectivity index (χ4n) is 2.40. The molecule has 0 amide bonds. The van der Waals surface area contributed by atoms with Crippen molar-refractivity contribution in [2.75, 3.05) is 20.1 Å². The van der Waals surface area contributed by atoms with Crippen LogP contribution in [-0.4, -0.2) is 35.5 Å². The molecule has 3 rings (SSSR count). The molecule has 0 aliphatic carbocycles. The van der Waals surface area contributed by atoms with Crippen LogP contribution >= 0.6 is 11.3 Å². The molecule has 3 aromatic heterocycles. The number of aliphatic imine (C=N–C) groups is 1. The third-order valence-corrected chi connectivity index (χ3v) is 4.49. The third-order valence-electron chi connectivity index (χ3n) is 3.56. The van der Waals surface area contributed by atoms with Crippen LogP contribution in [0.25, 0.3) is 5.65 Å². The fourth-order valence-corrected chi connectivity index (χ4v) is 3.11. The Morgan fingerprint density at radius 1 is 1.17 bits per heavy atom. The zero-order valence-corrected chi connectivity index (χ0v) is 14.0. The Hall–Kier alpha value is -2.34.